The van der Waals surface area contributed by atoms with Crippen molar-refractivity contribution in [1.82, 2.24) is 25.1 Å². The van der Waals surface area contributed by atoms with Crippen LogP contribution >= 0.6 is 12.4 Å². The van der Waals surface area contributed by atoms with Gasteiger partial charge in [0.05, 0.1) is 13.5 Å². The average molecular weight is 644 g/mol. The van der Waals surface area contributed by atoms with Crippen LogP contribution in [0.25, 0.3) is 22.5 Å². The van der Waals surface area contributed by atoms with Gasteiger partial charge in [-0.15, -0.1) is 17.5 Å². The molecule has 0 saturated heterocycles. The van der Waals surface area contributed by atoms with Crippen LogP contribution in [-0.4, -0.2) is 51.3 Å². The minimum atomic E-state index is -0.877. The number of nitrogens with zero attached hydrogens (tertiary/aromatic N) is 5. The maximum Gasteiger partial charge on any atom is 0.307 e. The number of aromatic nitrogens is 4. The molecule has 47 heavy (non-hydrogen) atoms. The normalized spacial score (nSPS) is 11.9. The lowest BCUT2D eigenvalue weighted by Gasteiger charge is -2.36. The second-order valence-corrected chi connectivity index (χ2v) is 11.5. The minimum Gasteiger partial charge on any atom is -0.469 e. The van der Waals surface area contributed by atoms with E-state index >= 15 is 0 Å². The fraction of sp³-hybridized carbons (Fsp3) is 0.179. The van der Waals surface area contributed by atoms with Gasteiger partial charge in [-0.2, -0.15) is 0 Å². The molecule has 0 aliphatic heterocycles. The minimum absolute atomic E-state index is 0. The Morgan fingerprint density at radius 3 is 1.79 bits per heavy atom. The van der Waals surface area contributed by atoms with E-state index in [0.717, 1.165) is 38.9 Å². The van der Waals surface area contributed by atoms with Gasteiger partial charge in [0.1, 0.15) is 5.54 Å². The van der Waals surface area contributed by atoms with Crippen molar-refractivity contribution in [3.8, 4) is 22.5 Å². The number of esters is 1. The quantitative estimate of drug-likeness (QED) is 0.107. The summed E-state index contributed by atoms with van der Waals surface area (Å²) in [4.78, 5) is 14.2. The zero-order valence-corrected chi connectivity index (χ0v) is 27.5. The van der Waals surface area contributed by atoms with Crippen LogP contribution in [0.4, 0.5) is 0 Å². The van der Waals surface area contributed by atoms with Crippen molar-refractivity contribution >= 4 is 18.4 Å². The summed E-state index contributed by atoms with van der Waals surface area (Å²) in [6, 6.07) is 48.0. The van der Waals surface area contributed by atoms with Crippen molar-refractivity contribution in [2.45, 2.75) is 31.5 Å². The summed E-state index contributed by atoms with van der Waals surface area (Å²) in [5.41, 5.74) is 6.31. The lowest BCUT2D eigenvalue weighted by Crippen LogP contribution is -2.39. The molecule has 0 amide bonds. The van der Waals surface area contributed by atoms with Gasteiger partial charge >= 0.3 is 5.97 Å². The highest BCUT2D eigenvalue weighted by molar-refractivity contribution is 5.85. The lowest BCUT2D eigenvalue weighted by atomic mass is 9.77. The topological polar surface area (TPSA) is 73.1 Å². The third-order valence-electron chi connectivity index (χ3n) is 8.65. The number of tetrazole rings is 1. The Morgan fingerprint density at radius 2 is 1.28 bits per heavy atom. The molecule has 1 heterocycles. The van der Waals surface area contributed by atoms with Crippen LogP contribution in [0.3, 0.4) is 0 Å². The van der Waals surface area contributed by atoms with Gasteiger partial charge in [0.15, 0.2) is 5.82 Å². The number of carbonyl (C=O) groups excluding carboxylic acids is 1. The van der Waals surface area contributed by atoms with Gasteiger partial charge in [0.25, 0.3) is 0 Å². The van der Waals surface area contributed by atoms with Crippen molar-refractivity contribution in [2.24, 2.45) is 0 Å². The molecule has 6 aromatic rings. The Kier molecular flexibility index (Phi) is 10.6. The molecule has 238 valence electrons. The molecule has 0 radical (unpaired) electrons. The lowest BCUT2D eigenvalue weighted by molar-refractivity contribution is -0.141. The third-order valence-corrected chi connectivity index (χ3v) is 8.65. The SMILES string of the molecule is COC(=O)C[C@H](C)N(C)Cc1ccc(-c2ccccc2)c(-c2nnnn2C(c2ccccc2)(c2ccccc2)c2ccccc2)c1.Cl. The number of benzene rings is 5. The molecule has 6 rings (SSSR count). The van der Waals surface area contributed by atoms with Crippen LogP contribution < -0.4 is 0 Å². The van der Waals surface area contributed by atoms with Crippen molar-refractivity contribution in [3.63, 3.8) is 0 Å². The Morgan fingerprint density at radius 1 is 0.766 bits per heavy atom. The first-order valence-electron chi connectivity index (χ1n) is 15.4. The fourth-order valence-corrected chi connectivity index (χ4v) is 6.15. The summed E-state index contributed by atoms with van der Waals surface area (Å²) >= 11 is 0. The summed E-state index contributed by atoms with van der Waals surface area (Å²) in [6.45, 7) is 2.66. The third kappa shape index (κ3) is 6.73. The average Bonchev–Trinajstić information content (AvgIpc) is 3.60. The second kappa shape index (κ2) is 15.0. The van der Waals surface area contributed by atoms with Gasteiger partial charge in [-0.05, 0) is 63.8 Å². The molecule has 0 saturated carbocycles. The summed E-state index contributed by atoms with van der Waals surface area (Å²) in [5.74, 6) is 0.417. The van der Waals surface area contributed by atoms with Crippen molar-refractivity contribution < 1.29 is 9.53 Å². The van der Waals surface area contributed by atoms with Gasteiger partial charge in [-0.3, -0.25) is 9.69 Å². The molecule has 8 heteroatoms. The molecular weight excluding hydrogens is 606 g/mol. The van der Waals surface area contributed by atoms with E-state index in [1.165, 1.54) is 7.11 Å². The van der Waals surface area contributed by atoms with E-state index in [9.17, 15) is 4.79 Å². The zero-order valence-electron chi connectivity index (χ0n) is 26.7. The number of ether oxygens (including phenoxy) is 1. The van der Waals surface area contributed by atoms with Gasteiger partial charge in [-0.25, -0.2) is 4.68 Å². The largest absolute Gasteiger partial charge is 0.469 e. The van der Waals surface area contributed by atoms with Crippen LogP contribution in [0.1, 0.15) is 35.6 Å². The van der Waals surface area contributed by atoms with E-state index in [1.54, 1.807) is 0 Å². The number of methoxy groups -OCH3 is 1. The van der Waals surface area contributed by atoms with Crippen LogP contribution in [0.5, 0.6) is 0 Å². The highest BCUT2D eigenvalue weighted by Gasteiger charge is 2.42. The maximum absolute atomic E-state index is 12.0. The first kappa shape index (κ1) is 33.3. The van der Waals surface area contributed by atoms with E-state index in [4.69, 9.17) is 15.0 Å². The molecule has 1 atom stereocenters. The van der Waals surface area contributed by atoms with E-state index in [2.05, 4.69) is 113 Å². The number of halogens is 1. The molecule has 0 aliphatic rings. The van der Waals surface area contributed by atoms with E-state index in [1.807, 2.05) is 55.1 Å². The van der Waals surface area contributed by atoms with Crippen LogP contribution in [0.2, 0.25) is 0 Å². The Labute approximate surface area is 282 Å². The van der Waals surface area contributed by atoms with Crippen molar-refractivity contribution in [1.29, 1.82) is 0 Å². The molecule has 7 nitrogen and oxygen atoms in total. The predicted molar refractivity (Wildman–Crippen MR) is 188 cm³/mol. The fourth-order valence-electron chi connectivity index (χ4n) is 6.15. The molecule has 1 aromatic heterocycles. The molecular formula is C39H38ClN5O2. The summed E-state index contributed by atoms with van der Waals surface area (Å²) < 4.78 is 6.89. The molecule has 0 N–H and O–H groups in total. The van der Waals surface area contributed by atoms with Crippen molar-refractivity contribution in [2.75, 3.05) is 14.2 Å². The van der Waals surface area contributed by atoms with Crippen LogP contribution in [0.15, 0.2) is 140 Å². The highest BCUT2D eigenvalue weighted by atomic mass is 35.5. The smallest absolute Gasteiger partial charge is 0.307 e. The summed E-state index contributed by atoms with van der Waals surface area (Å²) in [7, 11) is 3.45. The van der Waals surface area contributed by atoms with Crippen LogP contribution in [0, 0.1) is 0 Å². The Bertz CT molecular complexity index is 1790. The molecule has 0 unspecified atom stereocenters. The summed E-state index contributed by atoms with van der Waals surface area (Å²) in [5, 5.41) is 13.9. The molecule has 0 fully saturated rings. The highest BCUT2D eigenvalue weighted by Crippen LogP contribution is 2.43. The number of rotatable bonds is 11. The molecule has 0 spiro atoms. The molecule has 0 bridgehead atoms. The second-order valence-electron chi connectivity index (χ2n) is 11.5. The standard InChI is InChI=1S/C39H37N5O2.ClH/c1-29(26-37(45)46-3)43(2)28-30-24-25-35(31-16-8-4-9-17-31)36(27-30)38-40-41-42-44(38)39(32-18-10-5-11-19-32,33-20-12-6-13-21-33)34-22-14-7-15-23-34;/h4-25,27,29H,26,28H2,1-3H3;1H/t29-;/m0./s1. The molecule has 5 aromatic carbocycles. The Hall–Kier alpha value is -5.11. The van der Waals surface area contributed by atoms with E-state index in [-0.39, 0.29) is 24.4 Å². The maximum atomic E-state index is 12.0. The van der Waals surface area contributed by atoms with Gasteiger partial charge in [0.2, 0.25) is 0 Å². The van der Waals surface area contributed by atoms with Gasteiger partial charge < -0.3 is 4.74 Å². The first-order valence-corrected chi connectivity index (χ1v) is 15.4. The predicted octanol–water partition coefficient (Wildman–Crippen LogP) is 7.65. The first-order chi connectivity index (χ1) is 22.5. The monoisotopic (exact) mass is 643 g/mol. The summed E-state index contributed by atoms with van der Waals surface area (Å²) in [6.07, 6.45) is 0.313. The van der Waals surface area contributed by atoms with Crippen LogP contribution in [-0.2, 0) is 21.6 Å². The van der Waals surface area contributed by atoms with Gasteiger partial charge in [-0.1, -0.05) is 133 Å². The Balaban J connectivity index is 0.00000433. The van der Waals surface area contributed by atoms with E-state index < -0.39 is 5.54 Å². The number of hydrogen-bond donors (Lipinski definition) is 0. The van der Waals surface area contributed by atoms with Crippen molar-refractivity contribution in [3.05, 3.63) is 162 Å². The number of hydrogen-bond acceptors (Lipinski definition) is 6. The van der Waals surface area contributed by atoms with E-state index in [0.29, 0.717) is 18.8 Å². The zero-order chi connectivity index (χ0) is 31.9. The van der Waals surface area contributed by atoms with Gasteiger partial charge in [0, 0.05) is 18.2 Å². The molecule has 0 aliphatic carbocycles. The number of carbonyl (C=O) groups is 1.